The van der Waals surface area contributed by atoms with Gasteiger partial charge in [-0.3, -0.25) is 0 Å². The summed E-state index contributed by atoms with van der Waals surface area (Å²) in [6, 6.07) is 10.9. The highest BCUT2D eigenvalue weighted by atomic mass is 19.4. The van der Waals surface area contributed by atoms with Gasteiger partial charge in [0.25, 0.3) is 0 Å². The highest BCUT2D eigenvalue weighted by molar-refractivity contribution is 5.57. The fourth-order valence-corrected chi connectivity index (χ4v) is 1.89. The van der Waals surface area contributed by atoms with E-state index in [-0.39, 0.29) is 12.1 Å². The van der Waals surface area contributed by atoms with E-state index in [1.54, 1.807) is 24.3 Å². The van der Waals surface area contributed by atoms with Crippen LogP contribution in [0.15, 0.2) is 42.5 Å². The molecule has 0 radical (unpaired) electrons. The van der Waals surface area contributed by atoms with E-state index >= 15 is 0 Å². The van der Waals surface area contributed by atoms with Crippen LogP contribution in [0, 0.1) is 17.1 Å². The first kappa shape index (κ1) is 14.9. The van der Waals surface area contributed by atoms with Crippen LogP contribution in [0.5, 0.6) is 0 Å². The lowest BCUT2D eigenvalue weighted by Crippen LogP contribution is -2.12. The number of alkyl halides is 3. The maximum Gasteiger partial charge on any atom is 0.416 e. The second-order valence-corrected chi connectivity index (χ2v) is 4.31. The van der Waals surface area contributed by atoms with Crippen LogP contribution in [-0.2, 0) is 12.7 Å². The van der Waals surface area contributed by atoms with Crippen LogP contribution in [0.3, 0.4) is 0 Å². The molecule has 0 aliphatic carbocycles. The summed E-state index contributed by atoms with van der Waals surface area (Å²) in [5.41, 5.74) is -0.355. The molecule has 0 aliphatic rings. The highest BCUT2D eigenvalue weighted by Crippen LogP contribution is 2.33. The Labute approximate surface area is 118 Å². The number of nitrogens with zero attached hydrogens (tertiary/aromatic N) is 1. The molecule has 21 heavy (non-hydrogen) atoms. The number of halogens is 4. The molecular weight excluding hydrogens is 284 g/mol. The second kappa shape index (κ2) is 5.83. The molecular formula is C15H10F4N2. The first-order valence-electron chi connectivity index (χ1n) is 6.00. The topological polar surface area (TPSA) is 35.8 Å². The predicted octanol–water partition coefficient (Wildman–Crippen LogP) is 4.33. The van der Waals surface area contributed by atoms with Crippen LogP contribution < -0.4 is 5.32 Å². The number of nitriles is 1. The van der Waals surface area contributed by atoms with E-state index in [1.807, 2.05) is 6.07 Å². The van der Waals surface area contributed by atoms with Crippen LogP contribution in [0.1, 0.15) is 16.7 Å². The fraction of sp³-hybridized carbons (Fsp3) is 0.133. The number of benzene rings is 2. The Morgan fingerprint density at radius 3 is 2.48 bits per heavy atom. The molecule has 2 aromatic rings. The van der Waals surface area contributed by atoms with E-state index in [0.29, 0.717) is 17.3 Å². The van der Waals surface area contributed by atoms with E-state index < -0.39 is 17.6 Å². The summed E-state index contributed by atoms with van der Waals surface area (Å²) in [7, 11) is 0. The Kier molecular flexibility index (Phi) is 4.13. The van der Waals surface area contributed by atoms with E-state index in [0.717, 1.165) is 12.1 Å². The summed E-state index contributed by atoms with van der Waals surface area (Å²) in [6.45, 7) is -0.159. The molecule has 0 heterocycles. The smallest absolute Gasteiger partial charge is 0.380 e. The number of rotatable bonds is 3. The first-order chi connectivity index (χ1) is 9.91. The minimum atomic E-state index is -4.63. The van der Waals surface area contributed by atoms with Crippen molar-refractivity contribution < 1.29 is 17.6 Å². The molecule has 0 unspecified atom stereocenters. The van der Waals surface area contributed by atoms with Gasteiger partial charge in [-0.15, -0.1) is 0 Å². The maximum absolute atomic E-state index is 13.0. The van der Waals surface area contributed by atoms with Crippen molar-refractivity contribution in [1.82, 2.24) is 0 Å². The van der Waals surface area contributed by atoms with Crippen LogP contribution >= 0.6 is 0 Å². The number of para-hydroxylation sites is 1. The summed E-state index contributed by atoms with van der Waals surface area (Å²) in [5, 5.41) is 11.7. The van der Waals surface area contributed by atoms with Gasteiger partial charge in [0.05, 0.1) is 16.8 Å². The Morgan fingerprint density at radius 2 is 1.81 bits per heavy atom. The van der Waals surface area contributed by atoms with Gasteiger partial charge in [-0.2, -0.15) is 18.4 Å². The summed E-state index contributed by atoms with van der Waals surface area (Å²) in [4.78, 5) is 0. The zero-order chi connectivity index (χ0) is 15.5. The molecule has 1 N–H and O–H groups in total. The number of hydrogen-bond acceptors (Lipinski definition) is 2. The minimum absolute atomic E-state index is 0.0864. The normalized spacial score (nSPS) is 11.0. The zero-order valence-electron chi connectivity index (χ0n) is 10.7. The van der Waals surface area contributed by atoms with Gasteiger partial charge >= 0.3 is 6.18 Å². The lowest BCUT2D eigenvalue weighted by atomic mass is 10.1. The van der Waals surface area contributed by atoms with Crippen molar-refractivity contribution in [2.75, 3.05) is 5.32 Å². The van der Waals surface area contributed by atoms with Gasteiger partial charge in [-0.25, -0.2) is 4.39 Å². The van der Waals surface area contributed by atoms with E-state index in [2.05, 4.69) is 5.32 Å². The van der Waals surface area contributed by atoms with Crippen LogP contribution in [0.2, 0.25) is 0 Å². The molecule has 2 aromatic carbocycles. The molecule has 2 rings (SSSR count). The van der Waals surface area contributed by atoms with Crippen molar-refractivity contribution in [1.29, 1.82) is 5.26 Å². The molecule has 2 nitrogen and oxygen atoms in total. The predicted molar refractivity (Wildman–Crippen MR) is 69.9 cm³/mol. The van der Waals surface area contributed by atoms with E-state index in [4.69, 9.17) is 5.26 Å². The summed E-state index contributed by atoms with van der Waals surface area (Å²) >= 11 is 0. The third-order valence-corrected chi connectivity index (χ3v) is 2.89. The summed E-state index contributed by atoms with van der Waals surface area (Å²) in [5.74, 6) is -0.941. The molecule has 0 aliphatic heterocycles. The SMILES string of the molecule is N#Cc1ccccc1NCc1ccc(F)cc1C(F)(F)F. The summed E-state index contributed by atoms with van der Waals surface area (Å²) < 4.78 is 51.6. The Bertz CT molecular complexity index is 687. The van der Waals surface area contributed by atoms with Gasteiger partial charge in [0.1, 0.15) is 11.9 Å². The van der Waals surface area contributed by atoms with Gasteiger partial charge in [0.15, 0.2) is 0 Å². The van der Waals surface area contributed by atoms with Crippen LogP contribution in [-0.4, -0.2) is 0 Å². The molecule has 0 fully saturated rings. The molecule has 0 saturated heterocycles. The Hall–Kier alpha value is -2.55. The average molecular weight is 294 g/mol. The summed E-state index contributed by atoms with van der Waals surface area (Å²) in [6.07, 6.45) is -4.63. The molecule has 0 bridgehead atoms. The van der Waals surface area contributed by atoms with Gasteiger partial charge < -0.3 is 5.32 Å². The number of anilines is 1. The second-order valence-electron chi connectivity index (χ2n) is 4.31. The van der Waals surface area contributed by atoms with Crippen molar-refractivity contribution in [2.45, 2.75) is 12.7 Å². The maximum atomic E-state index is 13.0. The zero-order valence-corrected chi connectivity index (χ0v) is 10.7. The average Bonchev–Trinajstić information content (AvgIpc) is 2.45. The van der Waals surface area contributed by atoms with Gasteiger partial charge in [-0.05, 0) is 29.8 Å². The number of nitrogens with one attached hydrogen (secondary N) is 1. The van der Waals surface area contributed by atoms with Crippen molar-refractivity contribution in [3.63, 3.8) is 0 Å². The first-order valence-corrected chi connectivity index (χ1v) is 6.00. The van der Waals surface area contributed by atoms with Crippen LogP contribution in [0.25, 0.3) is 0 Å². The van der Waals surface area contributed by atoms with Crippen LogP contribution in [0.4, 0.5) is 23.2 Å². The Morgan fingerprint density at radius 1 is 1.10 bits per heavy atom. The highest BCUT2D eigenvalue weighted by Gasteiger charge is 2.33. The quantitative estimate of drug-likeness (QED) is 0.855. The van der Waals surface area contributed by atoms with Gasteiger partial charge in [-0.1, -0.05) is 18.2 Å². The van der Waals surface area contributed by atoms with Crippen molar-refractivity contribution in [3.8, 4) is 6.07 Å². The largest absolute Gasteiger partial charge is 0.416 e. The molecule has 0 amide bonds. The van der Waals surface area contributed by atoms with Crippen molar-refractivity contribution in [2.24, 2.45) is 0 Å². The molecule has 0 atom stereocenters. The molecule has 0 aromatic heterocycles. The minimum Gasteiger partial charge on any atom is -0.380 e. The van der Waals surface area contributed by atoms with Gasteiger partial charge in [0.2, 0.25) is 0 Å². The van der Waals surface area contributed by atoms with Crippen molar-refractivity contribution >= 4 is 5.69 Å². The Balaban J connectivity index is 2.27. The molecule has 6 heteroatoms. The third kappa shape index (κ3) is 3.51. The lowest BCUT2D eigenvalue weighted by Gasteiger charge is -2.14. The number of hydrogen-bond donors (Lipinski definition) is 1. The molecule has 108 valence electrons. The molecule has 0 spiro atoms. The van der Waals surface area contributed by atoms with Crippen molar-refractivity contribution in [3.05, 3.63) is 65.0 Å². The third-order valence-electron chi connectivity index (χ3n) is 2.89. The van der Waals surface area contributed by atoms with E-state index in [9.17, 15) is 17.6 Å². The van der Waals surface area contributed by atoms with E-state index in [1.165, 1.54) is 0 Å². The monoisotopic (exact) mass is 294 g/mol. The lowest BCUT2D eigenvalue weighted by molar-refractivity contribution is -0.138. The van der Waals surface area contributed by atoms with Gasteiger partial charge in [0, 0.05) is 6.54 Å². The fourth-order valence-electron chi connectivity index (χ4n) is 1.89. The molecule has 0 saturated carbocycles. The standard InChI is InChI=1S/C15H10F4N2/c16-12-6-5-11(13(7-12)15(17,18)19)9-21-14-4-2-1-3-10(14)8-20/h1-7,21H,9H2.